The van der Waals surface area contributed by atoms with Crippen molar-refractivity contribution in [1.82, 2.24) is 4.90 Å². The zero-order valence-corrected chi connectivity index (χ0v) is 11.2. The zero-order chi connectivity index (χ0) is 13.8. The van der Waals surface area contributed by atoms with Crippen LogP contribution < -0.4 is 5.32 Å². The highest BCUT2D eigenvalue weighted by molar-refractivity contribution is 5.96. The lowest BCUT2D eigenvalue weighted by Gasteiger charge is -2.12. The first-order valence-corrected chi connectivity index (χ1v) is 6.32. The van der Waals surface area contributed by atoms with Crippen molar-refractivity contribution in [1.29, 1.82) is 0 Å². The number of hydrogen-bond donors (Lipinski definition) is 1. The Hall–Kier alpha value is -1.88. The van der Waals surface area contributed by atoms with Gasteiger partial charge in [0.2, 0.25) is 0 Å². The Morgan fingerprint density at radius 3 is 2.47 bits per heavy atom. The van der Waals surface area contributed by atoms with E-state index in [9.17, 15) is 9.59 Å². The van der Waals surface area contributed by atoms with Crippen molar-refractivity contribution < 1.29 is 14.3 Å². The highest BCUT2D eigenvalue weighted by Gasteiger charge is 2.23. The van der Waals surface area contributed by atoms with Crippen molar-refractivity contribution in [3.05, 3.63) is 29.8 Å². The minimum Gasteiger partial charge on any atom is -0.368 e. The molecular formula is C14H18N2O3. The molecule has 0 saturated carbocycles. The van der Waals surface area contributed by atoms with Crippen LogP contribution in [0.4, 0.5) is 5.69 Å². The topological polar surface area (TPSA) is 58.6 Å². The third kappa shape index (κ3) is 3.32. The molecule has 1 aliphatic heterocycles. The molecule has 0 aliphatic carbocycles. The molecule has 19 heavy (non-hydrogen) atoms. The van der Waals surface area contributed by atoms with Crippen LogP contribution in [-0.2, 0) is 9.53 Å². The molecule has 1 heterocycles. The molecule has 1 aromatic carbocycles. The summed E-state index contributed by atoms with van der Waals surface area (Å²) >= 11 is 0. The molecule has 0 radical (unpaired) electrons. The van der Waals surface area contributed by atoms with E-state index in [-0.39, 0.29) is 17.9 Å². The summed E-state index contributed by atoms with van der Waals surface area (Å²) in [5.74, 6) is -0.179. The van der Waals surface area contributed by atoms with Gasteiger partial charge >= 0.3 is 0 Å². The largest absolute Gasteiger partial charge is 0.368 e. The Morgan fingerprint density at radius 1 is 1.26 bits per heavy atom. The number of carbonyl (C=O) groups is 2. The van der Waals surface area contributed by atoms with Crippen molar-refractivity contribution in [2.24, 2.45) is 0 Å². The first kappa shape index (κ1) is 13.5. The molecule has 1 atom stereocenters. The second-order valence-corrected chi connectivity index (χ2v) is 4.77. The lowest BCUT2D eigenvalue weighted by Crippen LogP contribution is -2.27. The van der Waals surface area contributed by atoms with Crippen LogP contribution in [0.5, 0.6) is 0 Å². The maximum atomic E-state index is 11.8. The molecule has 5 nitrogen and oxygen atoms in total. The lowest BCUT2D eigenvalue weighted by atomic mass is 10.1. The average molecular weight is 262 g/mol. The van der Waals surface area contributed by atoms with E-state index in [0.29, 0.717) is 17.9 Å². The van der Waals surface area contributed by atoms with E-state index in [1.165, 1.54) is 4.90 Å². The molecule has 1 N–H and O–H groups in total. The van der Waals surface area contributed by atoms with Crippen molar-refractivity contribution in [3.63, 3.8) is 0 Å². The number of nitrogens with zero attached hydrogens (tertiary/aromatic N) is 1. The number of carbonyl (C=O) groups excluding carboxylic acids is 2. The van der Waals surface area contributed by atoms with Crippen LogP contribution in [0, 0.1) is 0 Å². The fourth-order valence-corrected chi connectivity index (χ4v) is 1.96. The second kappa shape index (κ2) is 5.84. The standard InChI is InChI=1S/C14H18N2O3/c1-16(2)14(18)10-5-7-11(8-6-10)15-13(17)12-4-3-9-19-12/h5-8,12H,3-4,9H2,1-2H3,(H,15,17)/t12-/m1/s1. The Labute approximate surface area is 112 Å². The fraction of sp³-hybridized carbons (Fsp3) is 0.429. The third-order valence-corrected chi connectivity index (χ3v) is 3.03. The summed E-state index contributed by atoms with van der Waals surface area (Å²) < 4.78 is 5.31. The normalized spacial score (nSPS) is 18.1. The number of ether oxygens (including phenoxy) is 1. The van der Waals surface area contributed by atoms with Crippen molar-refractivity contribution >= 4 is 17.5 Å². The summed E-state index contributed by atoms with van der Waals surface area (Å²) in [6.07, 6.45) is 1.35. The molecule has 2 amide bonds. The molecule has 1 saturated heterocycles. The van der Waals surface area contributed by atoms with Crippen molar-refractivity contribution in [3.8, 4) is 0 Å². The molecule has 2 rings (SSSR count). The number of hydrogen-bond acceptors (Lipinski definition) is 3. The van der Waals surface area contributed by atoms with Crippen LogP contribution in [-0.4, -0.2) is 43.5 Å². The van der Waals surface area contributed by atoms with Crippen LogP contribution in [0.2, 0.25) is 0 Å². The summed E-state index contributed by atoms with van der Waals surface area (Å²) in [6, 6.07) is 6.86. The maximum absolute atomic E-state index is 11.8. The molecule has 1 aliphatic rings. The van der Waals surface area contributed by atoms with E-state index < -0.39 is 0 Å². The number of anilines is 1. The molecule has 5 heteroatoms. The number of amides is 2. The van der Waals surface area contributed by atoms with Gasteiger partial charge in [-0.15, -0.1) is 0 Å². The van der Waals surface area contributed by atoms with Crippen LogP contribution in [0.25, 0.3) is 0 Å². The smallest absolute Gasteiger partial charge is 0.253 e. The van der Waals surface area contributed by atoms with E-state index in [0.717, 1.165) is 12.8 Å². The van der Waals surface area contributed by atoms with Crippen LogP contribution in [0.1, 0.15) is 23.2 Å². The van der Waals surface area contributed by atoms with E-state index in [4.69, 9.17) is 4.74 Å². The molecule has 0 bridgehead atoms. The van der Waals surface area contributed by atoms with Gasteiger partial charge in [-0.2, -0.15) is 0 Å². The van der Waals surface area contributed by atoms with Gasteiger partial charge in [-0.1, -0.05) is 0 Å². The predicted molar refractivity (Wildman–Crippen MR) is 72.1 cm³/mol. The molecule has 0 spiro atoms. The summed E-state index contributed by atoms with van der Waals surface area (Å²) in [4.78, 5) is 25.0. The van der Waals surface area contributed by atoms with Crippen molar-refractivity contribution in [2.75, 3.05) is 26.0 Å². The molecule has 1 fully saturated rings. The van der Waals surface area contributed by atoms with Gasteiger partial charge in [-0.25, -0.2) is 0 Å². The highest BCUT2D eigenvalue weighted by Crippen LogP contribution is 2.16. The molecule has 0 unspecified atom stereocenters. The first-order valence-electron chi connectivity index (χ1n) is 6.32. The summed E-state index contributed by atoms with van der Waals surface area (Å²) in [5, 5.41) is 2.79. The lowest BCUT2D eigenvalue weighted by molar-refractivity contribution is -0.124. The average Bonchev–Trinajstić information content (AvgIpc) is 2.92. The van der Waals surface area contributed by atoms with Gasteiger partial charge in [-0.05, 0) is 37.1 Å². The Kier molecular flexibility index (Phi) is 4.16. The van der Waals surface area contributed by atoms with Crippen LogP contribution >= 0.6 is 0 Å². The van der Waals surface area contributed by atoms with Gasteiger partial charge in [0.15, 0.2) is 0 Å². The number of rotatable bonds is 3. The minimum atomic E-state index is -0.344. The SMILES string of the molecule is CN(C)C(=O)c1ccc(NC(=O)[C@H]2CCCO2)cc1. The van der Waals surface area contributed by atoms with E-state index >= 15 is 0 Å². The van der Waals surface area contributed by atoms with E-state index in [2.05, 4.69) is 5.32 Å². The number of nitrogens with one attached hydrogen (secondary N) is 1. The zero-order valence-electron chi connectivity index (χ0n) is 11.2. The molecular weight excluding hydrogens is 244 g/mol. The van der Waals surface area contributed by atoms with Gasteiger partial charge in [-0.3, -0.25) is 9.59 Å². The quantitative estimate of drug-likeness (QED) is 0.898. The van der Waals surface area contributed by atoms with Gasteiger partial charge < -0.3 is 15.0 Å². The first-order chi connectivity index (χ1) is 9.08. The summed E-state index contributed by atoms with van der Waals surface area (Å²) in [7, 11) is 3.41. The molecule has 0 aromatic heterocycles. The minimum absolute atomic E-state index is 0.0583. The van der Waals surface area contributed by atoms with E-state index in [1.807, 2.05) is 0 Å². The highest BCUT2D eigenvalue weighted by atomic mass is 16.5. The Balaban J connectivity index is 1.98. The third-order valence-electron chi connectivity index (χ3n) is 3.03. The van der Waals surface area contributed by atoms with Gasteiger partial charge in [0.1, 0.15) is 6.10 Å². The fourth-order valence-electron chi connectivity index (χ4n) is 1.96. The molecule has 1 aromatic rings. The van der Waals surface area contributed by atoms with Gasteiger partial charge in [0.25, 0.3) is 11.8 Å². The monoisotopic (exact) mass is 262 g/mol. The maximum Gasteiger partial charge on any atom is 0.253 e. The summed E-state index contributed by atoms with van der Waals surface area (Å²) in [6.45, 7) is 0.647. The Bertz CT molecular complexity index is 462. The summed E-state index contributed by atoms with van der Waals surface area (Å²) in [5.41, 5.74) is 1.27. The predicted octanol–water partition coefficient (Wildman–Crippen LogP) is 1.51. The van der Waals surface area contributed by atoms with Gasteiger partial charge in [0.05, 0.1) is 0 Å². The molecule has 102 valence electrons. The van der Waals surface area contributed by atoms with Gasteiger partial charge in [0, 0.05) is 32.0 Å². The van der Waals surface area contributed by atoms with Crippen LogP contribution in [0.15, 0.2) is 24.3 Å². The van der Waals surface area contributed by atoms with E-state index in [1.54, 1.807) is 38.4 Å². The second-order valence-electron chi connectivity index (χ2n) is 4.77. The number of benzene rings is 1. The van der Waals surface area contributed by atoms with Crippen LogP contribution in [0.3, 0.4) is 0 Å². The van der Waals surface area contributed by atoms with Crippen molar-refractivity contribution in [2.45, 2.75) is 18.9 Å². The Morgan fingerprint density at radius 2 is 1.95 bits per heavy atom.